The van der Waals surface area contributed by atoms with Gasteiger partial charge in [-0.05, 0) is 41.5 Å². The number of methoxy groups -OCH3 is 2. The van der Waals surface area contributed by atoms with E-state index in [-0.39, 0.29) is 17.9 Å². The fraction of sp³-hybridized carbons (Fsp3) is 0.154. The van der Waals surface area contributed by atoms with Crippen molar-refractivity contribution in [2.75, 3.05) is 14.2 Å². The lowest BCUT2D eigenvalue weighted by Crippen LogP contribution is -2.21. The zero-order chi connectivity index (χ0) is 24.2. The van der Waals surface area contributed by atoms with Crippen molar-refractivity contribution in [2.45, 2.75) is 12.3 Å². The van der Waals surface area contributed by atoms with Gasteiger partial charge in [0.05, 0.1) is 26.6 Å². The van der Waals surface area contributed by atoms with Gasteiger partial charge < -0.3 is 24.7 Å². The Morgan fingerprint density at radius 2 is 1.79 bits per heavy atom. The monoisotopic (exact) mass is 476 g/mol. The van der Waals surface area contributed by atoms with E-state index >= 15 is 0 Å². The number of ether oxygens (including phenoxy) is 4. The summed E-state index contributed by atoms with van der Waals surface area (Å²) in [6, 6.07) is 19.5. The number of hydrogen-bond donors (Lipinski definition) is 1. The van der Waals surface area contributed by atoms with E-state index < -0.39 is 11.9 Å². The number of fused-ring (bicyclic) bond motifs is 1. The van der Waals surface area contributed by atoms with E-state index in [1.807, 2.05) is 6.07 Å². The van der Waals surface area contributed by atoms with E-state index in [9.17, 15) is 10.1 Å². The van der Waals surface area contributed by atoms with Gasteiger partial charge in [0.2, 0.25) is 5.88 Å². The Morgan fingerprint density at radius 1 is 1.06 bits per heavy atom. The van der Waals surface area contributed by atoms with Gasteiger partial charge in [-0.1, -0.05) is 35.9 Å². The van der Waals surface area contributed by atoms with Crippen LogP contribution in [0.3, 0.4) is 0 Å². The predicted molar refractivity (Wildman–Crippen MR) is 126 cm³/mol. The maximum atomic E-state index is 12.4. The van der Waals surface area contributed by atoms with Gasteiger partial charge in [-0.25, -0.2) is 0 Å². The lowest BCUT2D eigenvalue weighted by atomic mass is 9.83. The molecule has 0 aromatic heterocycles. The zero-order valence-electron chi connectivity index (χ0n) is 18.5. The van der Waals surface area contributed by atoms with Crippen molar-refractivity contribution in [1.82, 2.24) is 0 Å². The maximum Gasteiger partial charge on any atom is 0.315 e. The number of allylic oxidation sites excluding steroid dienone is 1. The van der Waals surface area contributed by atoms with Crippen molar-refractivity contribution in [3.05, 3.63) is 93.8 Å². The normalized spacial score (nSPS) is 14.5. The predicted octanol–water partition coefficient (Wildman–Crippen LogP) is 4.72. The highest BCUT2D eigenvalue weighted by Crippen LogP contribution is 2.45. The molecule has 0 aliphatic carbocycles. The van der Waals surface area contributed by atoms with Crippen molar-refractivity contribution in [1.29, 1.82) is 5.26 Å². The molecule has 3 aromatic carbocycles. The van der Waals surface area contributed by atoms with Gasteiger partial charge in [-0.3, -0.25) is 4.79 Å². The molecule has 0 spiro atoms. The largest absolute Gasteiger partial charge is 0.493 e. The van der Waals surface area contributed by atoms with Gasteiger partial charge in [0.25, 0.3) is 0 Å². The highest BCUT2D eigenvalue weighted by atomic mass is 35.5. The van der Waals surface area contributed by atoms with Crippen LogP contribution >= 0.6 is 11.6 Å². The van der Waals surface area contributed by atoms with Crippen LogP contribution in [0.2, 0.25) is 5.02 Å². The first-order valence-electron chi connectivity index (χ1n) is 10.3. The lowest BCUT2D eigenvalue weighted by molar-refractivity contribution is -0.133. The molecule has 4 rings (SSSR count). The van der Waals surface area contributed by atoms with Gasteiger partial charge in [-0.15, -0.1) is 0 Å². The number of carbonyl (C=O) groups is 1. The Labute approximate surface area is 201 Å². The van der Waals surface area contributed by atoms with E-state index in [0.29, 0.717) is 33.6 Å². The second-order valence-corrected chi connectivity index (χ2v) is 7.95. The minimum absolute atomic E-state index is 0.0144. The van der Waals surface area contributed by atoms with Crippen molar-refractivity contribution in [3.63, 3.8) is 0 Å². The number of hydrogen-bond acceptors (Lipinski definition) is 7. The average molecular weight is 477 g/mol. The number of nitrogens with zero attached hydrogens (tertiary/aromatic N) is 1. The fourth-order valence-electron chi connectivity index (χ4n) is 3.81. The Hall–Kier alpha value is -4.15. The van der Waals surface area contributed by atoms with Crippen LogP contribution in [0.25, 0.3) is 0 Å². The van der Waals surface area contributed by atoms with Crippen molar-refractivity contribution in [3.8, 4) is 29.1 Å². The van der Waals surface area contributed by atoms with Crippen LogP contribution in [0.15, 0.2) is 72.1 Å². The van der Waals surface area contributed by atoms with Crippen molar-refractivity contribution in [2.24, 2.45) is 5.73 Å². The Balaban J connectivity index is 1.64. The van der Waals surface area contributed by atoms with Gasteiger partial charge in [0, 0.05) is 16.7 Å². The molecule has 3 aromatic rings. The molecule has 8 heteroatoms. The van der Waals surface area contributed by atoms with Crippen LogP contribution in [-0.2, 0) is 11.2 Å². The van der Waals surface area contributed by atoms with Gasteiger partial charge >= 0.3 is 5.97 Å². The summed E-state index contributed by atoms with van der Waals surface area (Å²) < 4.78 is 22.0. The second-order valence-electron chi connectivity index (χ2n) is 7.52. The summed E-state index contributed by atoms with van der Waals surface area (Å²) in [6.45, 7) is 0. The number of benzene rings is 3. The Bertz CT molecular complexity index is 1310. The third kappa shape index (κ3) is 4.63. The molecule has 1 heterocycles. The van der Waals surface area contributed by atoms with Crippen LogP contribution in [-0.4, -0.2) is 20.2 Å². The molecule has 0 amide bonds. The third-order valence-electron chi connectivity index (χ3n) is 5.42. The topological polar surface area (TPSA) is 104 Å². The van der Waals surface area contributed by atoms with Gasteiger partial charge in [0.1, 0.15) is 23.1 Å². The fourth-order valence-corrected chi connectivity index (χ4v) is 3.94. The number of carbonyl (C=O) groups excluding carboxylic acids is 1. The summed E-state index contributed by atoms with van der Waals surface area (Å²) in [5.74, 6) is 0.848. The first-order valence-corrected chi connectivity index (χ1v) is 10.7. The first-order chi connectivity index (χ1) is 16.4. The standard InChI is InChI=1S/C26H21ClN2O5/c1-31-21-10-5-16(12-23(21)32-2)25-19-9-8-18(13-22(19)34-26(29)20(25)14-28)33-24(30)11-15-3-6-17(27)7-4-15/h3-10,12-13,25H,11,29H2,1-2H3. The number of esters is 1. The van der Waals surface area contributed by atoms with E-state index in [1.54, 1.807) is 68.8 Å². The summed E-state index contributed by atoms with van der Waals surface area (Å²) in [6.07, 6.45) is 0.0873. The highest BCUT2D eigenvalue weighted by Gasteiger charge is 2.31. The third-order valence-corrected chi connectivity index (χ3v) is 5.68. The molecule has 1 unspecified atom stereocenters. The molecule has 0 saturated carbocycles. The molecular weight excluding hydrogens is 456 g/mol. The number of nitriles is 1. The number of halogens is 1. The maximum absolute atomic E-state index is 12.4. The Kier molecular flexibility index (Phi) is 6.62. The second kappa shape index (κ2) is 9.77. The van der Waals surface area contributed by atoms with Crippen LogP contribution in [0, 0.1) is 11.3 Å². The average Bonchev–Trinajstić information content (AvgIpc) is 2.84. The summed E-state index contributed by atoms with van der Waals surface area (Å²) in [5.41, 5.74) is 8.61. The molecule has 1 aliphatic rings. The van der Waals surface area contributed by atoms with E-state index in [4.69, 9.17) is 36.3 Å². The van der Waals surface area contributed by atoms with Crippen LogP contribution < -0.4 is 24.7 Å². The zero-order valence-corrected chi connectivity index (χ0v) is 19.3. The summed E-state index contributed by atoms with van der Waals surface area (Å²) in [7, 11) is 3.09. The minimum Gasteiger partial charge on any atom is -0.493 e. The van der Waals surface area contributed by atoms with Crippen LogP contribution in [0.5, 0.6) is 23.0 Å². The molecule has 2 N–H and O–H groups in total. The molecule has 1 aliphatic heterocycles. The van der Waals surface area contributed by atoms with Crippen LogP contribution in [0.1, 0.15) is 22.6 Å². The summed E-state index contributed by atoms with van der Waals surface area (Å²) in [5, 5.41) is 10.4. The van der Waals surface area contributed by atoms with Gasteiger partial charge in [-0.2, -0.15) is 5.26 Å². The molecule has 0 fully saturated rings. The van der Waals surface area contributed by atoms with Crippen LogP contribution in [0.4, 0.5) is 0 Å². The van der Waals surface area contributed by atoms with Crippen molar-refractivity contribution >= 4 is 17.6 Å². The molecule has 1 atom stereocenters. The summed E-state index contributed by atoms with van der Waals surface area (Å²) >= 11 is 5.89. The van der Waals surface area contributed by atoms with E-state index in [1.165, 1.54) is 0 Å². The summed E-state index contributed by atoms with van der Waals surface area (Å²) in [4.78, 5) is 12.4. The number of rotatable bonds is 6. The quantitative estimate of drug-likeness (QED) is 0.405. The molecule has 7 nitrogen and oxygen atoms in total. The number of nitrogens with two attached hydrogens (primary N) is 1. The Morgan fingerprint density at radius 3 is 2.47 bits per heavy atom. The lowest BCUT2D eigenvalue weighted by Gasteiger charge is -2.27. The van der Waals surface area contributed by atoms with Crippen molar-refractivity contribution < 1.29 is 23.7 Å². The highest BCUT2D eigenvalue weighted by molar-refractivity contribution is 6.30. The first kappa shape index (κ1) is 23.0. The molecular formula is C26H21ClN2O5. The van der Waals surface area contributed by atoms with E-state index in [0.717, 1.165) is 11.1 Å². The smallest absolute Gasteiger partial charge is 0.315 e. The molecule has 0 bridgehead atoms. The van der Waals surface area contributed by atoms with Gasteiger partial charge in [0.15, 0.2) is 11.5 Å². The molecule has 0 radical (unpaired) electrons. The minimum atomic E-state index is -0.493. The van der Waals surface area contributed by atoms with E-state index in [2.05, 4.69) is 6.07 Å². The molecule has 0 saturated heterocycles. The molecule has 34 heavy (non-hydrogen) atoms. The SMILES string of the molecule is COc1ccc(C2C(C#N)=C(N)Oc3cc(OC(=O)Cc4ccc(Cl)cc4)ccc32)cc1OC. The molecule has 172 valence electrons.